The SMILES string of the molecule is CCNC(=O)c1cn(COCCS(C)(C)C)c2ncc(Br)nc12. The number of nitrogens with zero attached hydrogens (tertiary/aromatic N) is 3. The summed E-state index contributed by atoms with van der Waals surface area (Å²) < 4.78 is 8.19. The second kappa shape index (κ2) is 7.63. The zero-order chi connectivity index (χ0) is 17.0. The van der Waals surface area contributed by atoms with Gasteiger partial charge in [0.2, 0.25) is 0 Å². The van der Waals surface area contributed by atoms with Gasteiger partial charge in [-0.3, -0.25) is 4.79 Å². The first-order valence-corrected chi connectivity index (χ1v) is 11.2. The molecular formula is C15H23BrN4O2S. The number of nitrogens with one attached hydrogen (secondary N) is 1. The predicted octanol–water partition coefficient (Wildman–Crippen LogP) is 2.61. The molecule has 1 amide bonds. The minimum Gasteiger partial charge on any atom is -0.360 e. The quantitative estimate of drug-likeness (QED) is 0.722. The van der Waals surface area contributed by atoms with Crippen molar-refractivity contribution < 1.29 is 9.53 Å². The van der Waals surface area contributed by atoms with Gasteiger partial charge in [-0.15, -0.1) is 0 Å². The van der Waals surface area contributed by atoms with Crippen molar-refractivity contribution in [2.75, 3.05) is 37.7 Å². The van der Waals surface area contributed by atoms with E-state index in [2.05, 4.69) is 50.0 Å². The van der Waals surface area contributed by atoms with E-state index in [9.17, 15) is 4.79 Å². The van der Waals surface area contributed by atoms with Crippen LogP contribution in [0.2, 0.25) is 0 Å². The van der Waals surface area contributed by atoms with Gasteiger partial charge in [-0.25, -0.2) is 20.0 Å². The molecule has 0 radical (unpaired) electrons. The number of aromatic nitrogens is 3. The summed E-state index contributed by atoms with van der Waals surface area (Å²) in [6.07, 6.45) is 10.2. The van der Waals surface area contributed by atoms with Crippen LogP contribution in [0.3, 0.4) is 0 Å². The van der Waals surface area contributed by atoms with Gasteiger partial charge in [-0.1, -0.05) is 0 Å². The van der Waals surface area contributed by atoms with Crippen LogP contribution in [0.1, 0.15) is 17.3 Å². The number of hydrogen-bond donors (Lipinski definition) is 1. The molecule has 2 aromatic rings. The summed E-state index contributed by atoms with van der Waals surface area (Å²) in [5, 5.41) is 2.80. The molecule has 0 aliphatic heterocycles. The van der Waals surface area contributed by atoms with Gasteiger partial charge in [0.25, 0.3) is 5.91 Å². The van der Waals surface area contributed by atoms with Gasteiger partial charge in [-0.05, 0) is 41.6 Å². The minimum absolute atomic E-state index is 0.150. The third-order valence-electron chi connectivity index (χ3n) is 3.19. The van der Waals surface area contributed by atoms with Gasteiger partial charge in [0.15, 0.2) is 5.65 Å². The van der Waals surface area contributed by atoms with E-state index in [0.29, 0.717) is 41.2 Å². The van der Waals surface area contributed by atoms with Crippen molar-refractivity contribution in [1.82, 2.24) is 19.9 Å². The van der Waals surface area contributed by atoms with E-state index < -0.39 is 10.0 Å². The molecule has 23 heavy (non-hydrogen) atoms. The molecule has 0 fully saturated rings. The summed E-state index contributed by atoms with van der Waals surface area (Å²) in [6.45, 7) is 3.51. The fourth-order valence-electron chi connectivity index (χ4n) is 2.02. The molecule has 0 aliphatic carbocycles. The summed E-state index contributed by atoms with van der Waals surface area (Å²) in [7, 11) is -0.575. The Morgan fingerprint density at radius 3 is 2.83 bits per heavy atom. The largest absolute Gasteiger partial charge is 0.360 e. The van der Waals surface area contributed by atoms with Crippen LogP contribution in [-0.4, -0.2) is 58.1 Å². The first-order valence-electron chi connectivity index (χ1n) is 7.35. The fraction of sp³-hybridized carbons (Fsp3) is 0.533. The minimum atomic E-state index is -0.575. The van der Waals surface area contributed by atoms with Crippen molar-refractivity contribution in [3.63, 3.8) is 0 Å². The average molecular weight is 403 g/mol. The number of carbonyl (C=O) groups excluding carboxylic acids is 1. The van der Waals surface area contributed by atoms with Crippen LogP contribution in [0.5, 0.6) is 0 Å². The van der Waals surface area contributed by atoms with E-state index in [4.69, 9.17) is 4.74 Å². The van der Waals surface area contributed by atoms with Crippen LogP contribution in [0, 0.1) is 0 Å². The van der Waals surface area contributed by atoms with Gasteiger partial charge in [0.05, 0.1) is 18.4 Å². The van der Waals surface area contributed by atoms with E-state index in [1.807, 2.05) is 11.5 Å². The van der Waals surface area contributed by atoms with Crippen LogP contribution in [-0.2, 0) is 11.5 Å². The lowest BCUT2D eigenvalue weighted by molar-refractivity contribution is 0.0913. The van der Waals surface area contributed by atoms with Crippen molar-refractivity contribution in [3.8, 4) is 0 Å². The number of amides is 1. The molecule has 2 heterocycles. The smallest absolute Gasteiger partial charge is 0.255 e. The van der Waals surface area contributed by atoms with Crippen LogP contribution in [0.25, 0.3) is 11.2 Å². The van der Waals surface area contributed by atoms with Crippen molar-refractivity contribution in [1.29, 1.82) is 0 Å². The monoisotopic (exact) mass is 402 g/mol. The van der Waals surface area contributed by atoms with Crippen molar-refractivity contribution >= 4 is 43.0 Å². The Labute approximate surface area is 146 Å². The summed E-state index contributed by atoms with van der Waals surface area (Å²) in [5.74, 6) is 0.898. The third kappa shape index (κ3) is 4.92. The van der Waals surface area contributed by atoms with E-state index >= 15 is 0 Å². The second-order valence-electron chi connectivity index (χ2n) is 6.07. The van der Waals surface area contributed by atoms with Crippen LogP contribution in [0.4, 0.5) is 0 Å². The number of rotatable bonds is 7. The Kier molecular flexibility index (Phi) is 6.05. The molecule has 0 bridgehead atoms. The average Bonchev–Trinajstić information content (AvgIpc) is 2.81. The lowest BCUT2D eigenvalue weighted by atomic mass is 10.3. The van der Waals surface area contributed by atoms with E-state index in [1.54, 1.807) is 12.4 Å². The number of hydrogen-bond acceptors (Lipinski definition) is 4. The Hall–Kier alpha value is -1.12. The molecule has 128 valence electrons. The summed E-state index contributed by atoms with van der Waals surface area (Å²) >= 11 is 3.31. The maximum Gasteiger partial charge on any atom is 0.255 e. The molecule has 6 nitrogen and oxygen atoms in total. The lowest BCUT2D eigenvalue weighted by Crippen LogP contribution is -2.22. The topological polar surface area (TPSA) is 69.0 Å². The standard InChI is InChI=1S/C15H23BrN4O2S/c1-5-17-15(21)11-9-20(10-22-6-7-23(2,3)4)14-13(11)19-12(16)8-18-14/h8-9H,5-7,10H2,1-4H3,(H,17,21). The predicted molar refractivity (Wildman–Crippen MR) is 99.4 cm³/mol. The molecule has 0 saturated carbocycles. The Bertz CT molecular complexity index is 697. The van der Waals surface area contributed by atoms with E-state index in [0.717, 1.165) is 5.75 Å². The number of fused-ring (bicyclic) bond motifs is 1. The molecule has 1 N–H and O–H groups in total. The number of carbonyl (C=O) groups is 1. The molecule has 0 aliphatic rings. The molecule has 8 heteroatoms. The van der Waals surface area contributed by atoms with Gasteiger partial charge >= 0.3 is 0 Å². The Morgan fingerprint density at radius 2 is 2.17 bits per heavy atom. The zero-order valence-electron chi connectivity index (χ0n) is 13.9. The second-order valence-corrected chi connectivity index (χ2v) is 11.5. The lowest BCUT2D eigenvalue weighted by Gasteiger charge is -2.24. The van der Waals surface area contributed by atoms with Crippen LogP contribution < -0.4 is 5.32 Å². The van der Waals surface area contributed by atoms with Crippen LogP contribution in [0.15, 0.2) is 17.0 Å². The molecule has 0 spiro atoms. The molecule has 0 saturated heterocycles. The first kappa shape index (κ1) is 18.2. The van der Waals surface area contributed by atoms with Crippen molar-refractivity contribution in [2.24, 2.45) is 0 Å². The normalized spacial score (nSPS) is 12.6. The highest BCUT2D eigenvalue weighted by molar-refractivity contribution is 9.10. The highest BCUT2D eigenvalue weighted by atomic mass is 79.9. The highest BCUT2D eigenvalue weighted by Gasteiger charge is 2.17. The Balaban J connectivity index is 2.21. The van der Waals surface area contributed by atoms with Crippen molar-refractivity contribution in [2.45, 2.75) is 13.7 Å². The van der Waals surface area contributed by atoms with Crippen LogP contribution >= 0.6 is 26.0 Å². The van der Waals surface area contributed by atoms with Gasteiger partial charge in [0.1, 0.15) is 16.9 Å². The van der Waals surface area contributed by atoms with E-state index in [1.165, 1.54) is 0 Å². The molecule has 0 atom stereocenters. The molecule has 0 aromatic carbocycles. The Morgan fingerprint density at radius 1 is 1.43 bits per heavy atom. The number of halogens is 1. The first-order chi connectivity index (χ1) is 10.8. The summed E-state index contributed by atoms with van der Waals surface area (Å²) in [6, 6.07) is 0. The zero-order valence-corrected chi connectivity index (χ0v) is 16.3. The molecule has 2 aromatic heterocycles. The fourth-order valence-corrected chi connectivity index (χ4v) is 2.92. The number of ether oxygens (including phenoxy) is 1. The maximum atomic E-state index is 12.2. The molecule has 0 unspecified atom stereocenters. The molecule has 2 rings (SSSR count). The third-order valence-corrected chi connectivity index (χ3v) is 4.96. The maximum absolute atomic E-state index is 12.2. The van der Waals surface area contributed by atoms with E-state index in [-0.39, 0.29) is 5.91 Å². The summed E-state index contributed by atoms with van der Waals surface area (Å²) in [4.78, 5) is 21.0. The van der Waals surface area contributed by atoms with Gasteiger partial charge in [0, 0.05) is 18.5 Å². The summed E-state index contributed by atoms with van der Waals surface area (Å²) in [5.41, 5.74) is 1.74. The van der Waals surface area contributed by atoms with Crippen molar-refractivity contribution in [3.05, 3.63) is 22.6 Å². The van der Waals surface area contributed by atoms with Gasteiger partial charge in [-0.2, -0.15) is 0 Å². The van der Waals surface area contributed by atoms with Gasteiger partial charge < -0.3 is 14.6 Å². The molecular weight excluding hydrogens is 380 g/mol. The highest BCUT2D eigenvalue weighted by Crippen LogP contribution is 2.33.